The van der Waals surface area contributed by atoms with Crippen LogP contribution in [-0.4, -0.2) is 24.5 Å². The second kappa shape index (κ2) is 8.62. The molecule has 2 heterocycles. The highest BCUT2D eigenvalue weighted by Gasteiger charge is 2.34. The minimum atomic E-state index is -0.159. The smallest absolute Gasteiger partial charge is 0.231 e. The molecular weight excluding hydrogens is 494 g/mol. The molecular formula is C25H19BrClNO4. The zero-order valence-electron chi connectivity index (χ0n) is 17.2. The number of hydrogen-bond donors (Lipinski definition) is 0. The highest BCUT2D eigenvalue weighted by atomic mass is 79.9. The molecule has 0 unspecified atom stereocenters. The molecule has 0 aromatic heterocycles. The number of carbonyl (C=O) groups excluding carboxylic acids is 1. The molecule has 0 aliphatic carbocycles. The van der Waals surface area contributed by atoms with E-state index in [0.29, 0.717) is 36.9 Å². The van der Waals surface area contributed by atoms with Crippen molar-refractivity contribution < 1.29 is 19.0 Å². The van der Waals surface area contributed by atoms with E-state index >= 15 is 0 Å². The number of ketones is 1. The predicted molar refractivity (Wildman–Crippen MR) is 126 cm³/mol. The van der Waals surface area contributed by atoms with Gasteiger partial charge in [-0.2, -0.15) is 0 Å². The number of Topliss-reactive ketones (excluding diaryl/α,β-unsaturated/α-hetero) is 1. The van der Waals surface area contributed by atoms with E-state index in [-0.39, 0.29) is 11.5 Å². The maximum atomic E-state index is 13.1. The second-order valence-corrected chi connectivity index (χ2v) is 8.92. The lowest BCUT2D eigenvalue weighted by atomic mass is 10.0. The fourth-order valence-electron chi connectivity index (χ4n) is 3.93. The Bertz CT molecular complexity index is 1260. The lowest BCUT2D eigenvalue weighted by molar-refractivity contribution is 0.0873. The Morgan fingerprint density at radius 2 is 2.03 bits per heavy atom. The number of ether oxygens (including phenoxy) is 3. The molecule has 0 saturated carbocycles. The highest BCUT2D eigenvalue weighted by molar-refractivity contribution is 9.10. The van der Waals surface area contributed by atoms with Gasteiger partial charge in [0.25, 0.3) is 0 Å². The van der Waals surface area contributed by atoms with Gasteiger partial charge < -0.3 is 14.2 Å². The number of hydrogen-bond acceptors (Lipinski definition) is 5. The Morgan fingerprint density at radius 1 is 1.19 bits per heavy atom. The van der Waals surface area contributed by atoms with Crippen molar-refractivity contribution in [1.29, 1.82) is 0 Å². The summed E-state index contributed by atoms with van der Waals surface area (Å²) < 4.78 is 18.4. The number of carbonyl (C=O) groups is 1. The maximum Gasteiger partial charge on any atom is 0.231 e. The van der Waals surface area contributed by atoms with Crippen molar-refractivity contribution in [1.82, 2.24) is 4.90 Å². The first kappa shape index (κ1) is 21.1. The number of benzene rings is 3. The van der Waals surface area contributed by atoms with Crippen LogP contribution in [0.2, 0.25) is 5.02 Å². The normalized spacial score (nSPS) is 16.3. The van der Waals surface area contributed by atoms with Crippen molar-refractivity contribution in [3.05, 3.63) is 92.1 Å². The third-order valence-corrected chi connectivity index (χ3v) is 6.37. The lowest BCUT2D eigenvalue weighted by Crippen LogP contribution is -2.31. The number of allylic oxidation sites excluding steroid dienone is 1. The zero-order valence-corrected chi connectivity index (χ0v) is 19.6. The fraction of sp³-hybridized carbons (Fsp3) is 0.160. The molecule has 0 bridgehead atoms. The molecule has 0 spiro atoms. The zero-order chi connectivity index (χ0) is 22.2. The molecule has 0 saturated heterocycles. The molecule has 5 rings (SSSR count). The van der Waals surface area contributed by atoms with Crippen LogP contribution in [0.15, 0.2) is 64.8 Å². The van der Waals surface area contributed by atoms with Crippen LogP contribution in [0.5, 0.6) is 17.2 Å². The number of halogens is 2. The van der Waals surface area contributed by atoms with Crippen LogP contribution in [0.25, 0.3) is 6.08 Å². The number of rotatable bonds is 4. The summed E-state index contributed by atoms with van der Waals surface area (Å²) in [6.07, 6.45) is 1.71. The summed E-state index contributed by atoms with van der Waals surface area (Å²) in [5.74, 6) is 2.04. The van der Waals surface area contributed by atoms with Gasteiger partial charge in [0.15, 0.2) is 5.76 Å². The van der Waals surface area contributed by atoms with Gasteiger partial charge in [0.1, 0.15) is 24.0 Å². The Hall–Kier alpha value is -2.80. The van der Waals surface area contributed by atoms with Crippen LogP contribution in [0.1, 0.15) is 27.0 Å². The van der Waals surface area contributed by atoms with Gasteiger partial charge in [-0.05, 0) is 48.0 Å². The average Bonchev–Trinajstić information content (AvgIpc) is 3.11. The van der Waals surface area contributed by atoms with Crippen LogP contribution in [-0.2, 0) is 13.1 Å². The Kier molecular flexibility index (Phi) is 5.67. The summed E-state index contributed by atoms with van der Waals surface area (Å²) >= 11 is 9.80. The van der Waals surface area contributed by atoms with Gasteiger partial charge in [0.05, 0.1) is 18.2 Å². The Labute approximate surface area is 199 Å². The summed E-state index contributed by atoms with van der Waals surface area (Å²) in [4.78, 5) is 15.2. The summed E-state index contributed by atoms with van der Waals surface area (Å²) in [5.41, 5.74) is 3.17. The first-order valence-electron chi connectivity index (χ1n) is 10.1. The molecule has 0 N–H and O–H groups in total. The molecule has 32 heavy (non-hydrogen) atoms. The Morgan fingerprint density at radius 3 is 2.84 bits per heavy atom. The van der Waals surface area contributed by atoms with E-state index in [0.717, 1.165) is 31.9 Å². The minimum absolute atomic E-state index is 0.159. The van der Waals surface area contributed by atoms with E-state index in [9.17, 15) is 4.79 Å². The molecule has 162 valence electrons. The van der Waals surface area contributed by atoms with Gasteiger partial charge >= 0.3 is 0 Å². The predicted octanol–water partition coefficient (Wildman–Crippen LogP) is 6.08. The van der Waals surface area contributed by atoms with Crippen molar-refractivity contribution in [3.8, 4) is 17.2 Å². The topological polar surface area (TPSA) is 48.0 Å². The minimum Gasteiger partial charge on any atom is -0.496 e. The molecule has 2 aliphatic heterocycles. The maximum absolute atomic E-state index is 13.1. The van der Waals surface area contributed by atoms with Crippen LogP contribution >= 0.6 is 27.5 Å². The van der Waals surface area contributed by atoms with Gasteiger partial charge in [-0.3, -0.25) is 9.69 Å². The average molecular weight is 513 g/mol. The first-order valence-corrected chi connectivity index (χ1v) is 11.2. The second-order valence-electron chi connectivity index (χ2n) is 7.60. The van der Waals surface area contributed by atoms with E-state index in [4.69, 9.17) is 25.8 Å². The van der Waals surface area contributed by atoms with Crippen molar-refractivity contribution in [2.24, 2.45) is 0 Å². The summed E-state index contributed by atoms with van der Waals surface area (Å²) in [7, 11) is 1.60. The molecule has 5 nitrogen and oxygen atoms in total. The molecule has 0 radical (unpaired) electrons. The van der Waals surface area contributed by atoms with Crippen LogP contribution < -0.4 is 14.2 Å². The number of fused-ring (bicyclic) bond motifs is 3. The van der Waals surface area contributed by atoms with Gasteiger partial charge in [0.2, 0.25) is 5.78 Å². The van der Waals surface area contributed by atoms with Crippen LogP contribution in [0, 0.1) is 0 Å². The molecule has 0 atom stereocenters. The molecule has 7 heteroatoms. The third kappa shape index (κ3) is 3.90. The van der Waals surface area contributed by atoms with Crippen LogP contribution in [0.3, 0.4) is 0 Å². The highest BCUT2D eigenvalue weighted by Crippen LogP contribution is 2.42. The van der Waals surface area contributed by atoms with E-state index < -0.39 is 0 Å². The van der Waals surface area contributed by atoms with Gasteiger partial charge in [-0.25, -0.2) is 0 Å². The SMILES string of the molecule is COc1ccc(Br)cc1/C=C1\Oc2c(ccc3c2CN(Cc2ccccc2Cl)CO3)C1=O. The number of methoxy groups -OCH3 is 1. The first-order chi connectivity index (χ1) is 15.5. The Balaban J connectivity index is 1.45. The molecule has 3 aromatic carbocycles. The lowest BCUT2D eigenvalue weighted by Gasteiger charge is -2.30. The van der Waals surface area contributed by atoms with Crippen molar-refractivity contribution >= 4 is 39.4 Å². The van der Waals surface area contributed by atoms with E-state index in [1.54, 1.807) is 19.3 Å². The molecule has 3 aromatic rings. The van der Waals surface area contributed by atoms with Crippen LogP contribution in [0.4, 0.5) is 0 Å². The van der Waals surface area contributed by atoms with Gasteiger partial charge in [-0.15, -0.1) is 0 Å². The van der Waals surface area contributed by atoms with E-state index in [1.165, 1.54) is 0 Å². The molecule has 0 amide bonds. The summed E-state index contributed by atoms with van der Waals surface area (Å²) in [6.45, 7) is 1.65. The van der Waals surface area contributed by atoms with Gasteiger partial charge in [0, 0.05) is 28.1 Å². The van der Waals surface area contributed by atoms with Gasteiger partial charge in [-0.1, -0.05) is 45.7 Å². The monoisotopic (exact) mass is 511 g/mol. The van der Waals surface area contributed by atoms with Crippen molar-refractivity contribution in [3.63, 3.8) is 0 Å². The molecule has 0 fully saturated rings. The van der Waals surface area contributed by atoms with E-state index in [2.05, 4.69) is 20.8 Å². The van der Waals surface area contributed by atoms with E-state index in [1.807, 2.05) is 48.5 Å². The summed E-state index contributed by atoms with van der Waals surface area (Å²) in [5, 5.41) is 0.719. The van der Waals surface area contributed by atoms with Crippen molar-refractivity contribution in [2.45, 2.75) is 13.1 Å². The molecule has 2 aliphatic rings. The quantitative estimate of drug-likeness (QED) is 0.397. The fourth-order valence-corrected chi connectivity index (χ4v) is 4.51. The van der Waals surface area contributed by atoms with Crippen molar-refractivity contribution in [2.75, 3.05) is 13.8 Å². The standard InChI is InChI=1S/C25H19BrClNO4/c1-30-21-8-6-17(26)10-16(21)11-23-24(29)18-7-9-22-19(25(18)32-23)13-28(14-31-22)12-15-4-2-3-5-20(15)27/h2-11H,12-14H2,1H3/b23-11-. The summed E-state index contributed by atoms with van der Waals surface area (Å²) in [6, 6.07) is 17.0. The third-order valence-electron chi connectivity index (χ3n) is 5.51. The largest absolute Gasteiger partial charge is 0.496 e. The number of nitrogens with zero attached hydrogens (tertiary/aromatic N) is 1.